The standard InChI is InChI=1S/C15H20O2.C12H12O2.C8H6.C4H6N2O2.CO2/c1-3-11-10-13(15(16)17-4-2)14(11)12-8-6-5-7-9-12;1-2-13-12-9-8-11(14-12)10-6-4-3-5-7-10;1-2-8-6-4-3-5-7-8;1-2-8-4(7)3-6-5;2-1-3/h5-9,11,13-14H,3-4,10H2,1-2H3;3-9H,2H2,1H3;1,3-7H;3H,2H2,1H3;/t11-,13-,14?;;;;/m0..../s1. The van der Waals surface area contributed by atoms with Crippen molar-refractivity contribution in [3.8, 4) is 29.6 Å². The Hall–Kier alpha value is -6.00. The number of hydrogen-bond acceptors (Lipinski definition) is 8. The monoisotopic (exact) mass is 680 g/mol. The van der Waals surface area contributed by atoms with E-state index in [1.54, 1.807) is 6.92 Å². The van der Waals surface area contributed by atoms with Gasteiger partial charge in [0.05, 0.1) is 25.7 Å². The molecule has 10 heteroatoms. The number of terminal acetylenes is 1. The van der Waals surface area contributed by atoms with Crippen LogP contribution >= 0.6 is 0 Å². The van der Waals surface area contributed by atoms with Gasteiger partial charge in [0.25, 0.3) is 5.95 Å². The van der Waals surface area contributed by atoms with Crippen molar-refractivity contribution in [1.82, 2.24) is 0 Å². The van der Waals surface area contributed by atoms with E-state index in [0.29, 0.717) is 43.8 Å². The number of hydrogen-bond donors (Lipinski definition) is 0. The predicted octanol–water partition coefficient (Wildman–Crippen LogP) is 7.66. The van der Waals surface area contributed by atoms with Crippen LogP contribution in [0.15, 0.2) is 108 Å². The number of benzene rings is 3. The second-order valence-electron chi connectivity index (χ2n) is 10.2. The molecule has 262 valence electrons. The van der Waals surface area contributed by atoms with Gasteiger partial charge in [-0.3, -0.25) is 4.79 Å². The Morgan fingerprint density at radius 3 is 1.88 bits per heavy atom. The van der Waals surface area contributed by atoms with Gasteiger partial charge in [0.1, 0.15) is 5.76 Å². The van der Waals surface area contributed by atoms with Gasteiger partial charge < -0.3 is 24.2 Å². The van der Waals surface area contributed by atoms with Crippen LogP contribution in [0.1, 0.15) is 57.6 Å². The van der Waals surface area contributed by atoms with E-state index in [1.807, 2.05) is 105 Å². The van der Waals surface area contributed by atoms with Crippen LogP contribution in [0.2, 0.25) is 0 Å². The van der Waals surface area contributed by atoms with E-state index in [0.717, 1.165) is 29.7 Å². The first-order chi connectivity index (χ1) is 24.3. The van der Waals surface area contributed by atoms with Crippen molar-refractivity contribution in [2.24, 2.45) is 11.8 Å². The molecule has 1 unspecified atom stereocenters. The molecular formula is C40H44N2O8. The molecule has 1 saturated carbocycles. The molecule has 3 aromatic carbocycles. The van der Waals surface area contributed by atoms with Gasteiger partial charge in [0, 0.05) is 23.1 Å². The summed E-state index contributed by atoms with van der Waals surface area (Å²) in [7, 11) is 0. The summed E-state index contributed by atoms with van der Waals surface area (Å²) >= 11 is 0. The van der Waals surface area contributed by atoms with Crippen LogP contribution in [-0.2, 0) is 28.7 Å². The molecule has 0 aliphatic heterocycles. The highest BCUT2D eigenvalue weighted by Gasteiger charge is 2.45. The van der Waals surface area contributed by atoms with Crippen LogP contribution in [0, 0.1) is 24.2 Å². The average molecular weight is 681 g/mol. The number of rotatable bonds is 9. The van der Waals surface area contributed by atoms with E-state index in [2.05, 4.69) is 34.5 Å². The zero-order valence-electron chi connectivity index (χ0n) is 28.9. The number of nitrogens with zero attached hydrogens (tertiary/aromatic N) is 2. The van der Waals surface area contributed by atoms with Crippen LogP contribution in [0.25, 0.3) is 16.9 Å². The molecule has 10 nitrogen and oxygen atoms in total. The number of carbonyl (C=O) groups is 2. The maximum Gasteiger partial charge on any atom is 0.413 e. The Labute approximate surface area is 294 Å². The zero-order chi connectivity index (χ0) is 37.0. The first-order valence-electron chi connectivity index (χ1n) is 16.2. The lowest BCUT2D eigenvalue weighted by Gasteiger charge is -2.43. The molecule has 1 aliphatic carbocycles. The first-order valence-corrected chi connectivity index (χ1v) is 16.2. The first kappa shape index (κ1) is 42.0. The summed E-state index contributed by atoms with van der Waals surface area (Å²) in [5.41, 5.74) is 11.0. The third-order valence-corrected chi connectivity index (χ3v) is 7.11. The minimum Gasteiger partial charge on any atom is -0.466 e. The van der Waals surface area contributed by atoms with E-state index < -0.39 is 5.97 Å². The lowest BCUT2D eigenvalue weighted by Crippen LogP contribution is -2.40. The number of carbonyl (C=O) groups excluding carboxylic acids is 4. The van der Waals surface area contributed by atoms with Crippen molar-refractivity contribution in [3.05, 3.63) is 120 Å². The second kappa shape index (κ2) is 26.0. The minimum absolute atomic E-state index is 0.0222. The highest BCUT2D eigenvalue weighted by Crippen LogP contribution is 2.49. The van der Waals surface area contributed by atoms with Crippen molar-refractivity contribution in [3.63, 3.8) is 0 Å². The van der Waals surface area contributed by atoms with E-state index in [4.69, 9.17) is 35.4 Å². The maximum absolute atomic E-state index is 11.8. The summed E-state index contributed by atoms with van der Waals surface area (Å²) in [6.07, 6.45) is 8.16. The van der Waals surface area contributed by atoms with Gasteiger partial charge in [-0.2, -0.15) is 14.4 Å². The fourth-order valence-electron chi connectivity index (χ4n) is 4.90. The van der Waals surface area contributed by atoms with E-state index >= 15 is 0 Å². The summed E-state index contributed by atoms with van der Waals surface area (Å²) in [6.45, 7) is 9.07. The molecule has 0 N–H and O–H groups in total. The fraction of sp³-hybridized carbons (Fsp3) is 0.300. The maximum atomic E-state index is 11.8. The summed E-state index contributed by atoms with van der Waals surface area (Å²) in [4.78, 5) is 40.7. The molecular weight excluding hydrogens is 636 g/mol. The average Bonchev–Trinajstić information content (AvgIpc) is 3.60. The lowest BCUT2D eigenvalue weighted by molar-refractivity contribution is -0.191. The molecule has 3 atom stereocenters. The highest BCUT2D eigenvalue weighted by atomic mass is 16.6. The van der Waals surface area contributed by atoms with E-state index in [1.165, 1.54) is 5.56 Å². The molecule has 4 aromatic rings. The molecule has 50 heavy (non-hydrogen) atoms. The Balaban J connectivity index is 0.000000340. The topological polar surface area (TPSA) is 146 Å². The minimum atomic E-state index is -0.630. The third-order valence-electron chi connectivity index (χ3n) is 7.11. The smallest absolute Gasteiger partial charge is 0.413 e. The van der Waals surface area contributed by atoms with Gasteiger partial charge in [-0.05, 0) is 56.9 Å². The molecule has 1 fully saturated rings. The summed E-state index contributed by atoms with van der Waals surface area (Å²) in [6, 6.07) is 33.7. The zero-order valence-corrected chi connectivity index (χ0v) is 28.9. The van der Waals surface area contributed by atoms with Gasteiger partial charge in [0.15, 0.2) is 0 Å². The Morgan fingerprint density at radius 1 is 0.840 bits per heavy atom. The van der Waals surface area contributed by atoms with Crippen molar-refractivity contribution in [2.45, 2.75) is 46.5 Å². The number of furan rings is 1. The van der Waals surface area contributed by atoms with Crippen LogP contribution in [0.3, 0.4) is 0 Å². The Bertz CT molecular complexity index is 1640. The van der Waals surface area contributed by atoms with Crippen molar-refractivity contribution >= 4 is 24.3 Å². The SMILES string of the molecule is C#Cc1ccccc1.CCOC(=O)C=[N+]=[N-].CCOC(=O)[C@H]1C[C@H](CC)C1c1ccccc1.CCOc1ccc(-c2ccccc2)o1.O=C=O. The van der Waals surface area contributed by atoms with Gasteiger partial charge in [-0.25, -0.2) is 4.79 Å². The molecule has 0 saturated heterocycles. The Morgan fingerprint density at radius 2 is 1.40 bits per heavy atom. The van der Waals surface area contributed by atoms with Crippen molar-refractivity contribution in [2.75, 3.05) is 19.8 Å². The molecule has 1 aliphatic rings. The largest absolute Gasteiger partial charge is 0.466 e. The van der Waals surface area contributed by atoms with Gasteiger partial charge >= 0.3 is 24.3 Å². The lowest BCUT2D eigenvalue weighted by atomic mass is 9.61. The third kappa shape index (κ3) is 15.7. The summed E-state index contributed by atoms with van der Waals surface area (Å²) in [5, 5.41) is 0. The van der Waals surface area contributed by atoms with Crippen LogP contribution in [0.4, 0.5) is 0 Å². The molecule has 1 aromatic heterocycles. The van der Waals surface area contributed by atoms with Gasteiger partial charge in [-0.1, -0.05) is 98.1 Å². The molecule has 0 bridgehead atoms. The molecule has 1 heterocycles. The van der Waals surface area contributed by atoms with Gasteiger partial charge in [0.2, 0.25) is 0 Å². The van der Waals surface area contributed by atoms with E-state index in [9.17, 15) is 9.59 Å². The quantitative estimate of drug-likeness (QED) is 0.0576. The second-order valence-corrected chi connectivity index (χ2v) is 10.2. The molecule has 0 spiro atoms. The van der Waals surface area contributed by atoms with Crippen LogP contribution < -0.4 is 4.74 Å². The Kier molecular flexibility index (Phi) is 21.9. The van der Waals surface area contributed by atoms with Crippen LogP contribution in [-0.4, -0.2) is 48.9 Å². The normalized spacial score (nSPS) is 14.7. The van der Waals surface area contributed by atoms with E-state index in [-0.39, 0.29) is 18.0 Å². The predicted molar refractivity (Wildman–Crippen MR) is 189 cm³/mol. The number of ether oxygens (including phenoxy) is 3. The molecule has 0 amide bonds. The van der Waals surface area contributed by atoms with Crippen molar-refractivity contribution in [1.29, 1.82) is 0 Å². The molecule has 5 rings (SSSR count). The van der Waals surface area contributed by atoms with Crippen LogP contribution in [0.5, 0.6) is 5.95 Å². The summed E-state index contributed by atoms with van der Waals surface area (Å²) in [5.74, 6) is 4.36. The van der Waals surface area contributed by atoms with Crippen molar-refractivity contribution < 1.29 is 42.6 Å². The fourth-order valence-corrected chi connectivity index (χ4v) is 4.90. The highest BCUT2D eigenvalue weighted by molar-refractivity contribution is 6.20. The summed E-state index contributed by atoms with van der Waals surface area (Å²) < 4.78 is 20.2. The molecule has 0 radical (unpaired) electrons. The van der Waals surface area contributed by atoms with Gasteiger partial charge in [-0.15, -0.1) is 6.42 Å². The number of esters is 2.